The molecule has 3 rings (SSSR count). The Balaban J connectivity index is 1.70. The highest BCUT2D eigenvalue weighted by atomic mass is 16.6. The molecule has 0 aliphatic rings. The van der Waals surface area contributed by atoms with E-state index in [1.165, 1.54) is 7.11 Å². The Morgan fingerprint density at radius 1 is 1.06 bits per heavy atom. The van der Waals surface area contributed by atoms with Crippen molar-refractivity contribution in [3.05, 3.63) is 60.6 Å². The van der Waals surface area contributed by atoms with Crippen molar-refractivity contribution < 1.29 is 23.8 Å². The number of rotatable bonds is 6. The van der Waals surface area contributed by atoms with Crippen LogP contribution in [0.4, 0.5) is 4.79 Å². The average molecular weight is 423 g/mol. The smallest absolute Gasteiger partial charge is 0.408 e. The Morgan fingerprint density at radius 2 is 1.77 bits per heavy atom. The van der Waals surface area contributed by atoms with Gasteiger partial charge in [0.15, 0.2) is 0 Å². The number of fused-ring (bicyclic) bond motifs is 1. The number of aromatic nitrogens is 2. The number of amides is 1. The van der Waals surface area contributed by atoms with Gasteiger partial charge in [0.25, 0.3) is 0 Å². The van der Waals surface area contributed by atoms with Crippen molar-refractivity contribution >= 4 is 22.8 Å². The number of benzene rings is 1. The van der Waals surface area contributed by atoms with E-state index in [1.54, 1.807) is 51.5 Å². The zero-order chi connectivity index (χ0) is 22.4. The molecule has 31 heavy (non-hydrogen) atoms. The van der Waals surface area contributed by atoms with Gasteiger partial charge in [0.05, 0.1) is 12.5 Å². The molecule has 1 aromatic carbocycles. The summed E-state index contributed by atoms with van der Waals surface area (Å²) in [5.41, 5.74) is 0.140. The second-order valence-corrected chi connectivity index (χ2v) is 7.89. The van der Waals surface area contributed by atoms with E-state index in [1.807, 2.05) is 24.3 Å². The lowest BCUT2D eigenvalue weighted by atomic mass is 10.1. The van der Waals surface area contributed by atoms with Crippen molar-refractivity contribution in [1.29, 1.82) is 0 Å². The van der Waals surface area contributed by atoms with Crippen molar-refractivity contribution in [3.63, 3.8) is 0 Å². The Bertz CT molecular complexity index is 1060. The zero-order valence-electron chi connectivity index (χ0n) is 17.9. The third-order valence-corrected chi connectivity index (χ3v) is 4.29. The lowest BCUT2D eigenvalue weighted by molar-refractivity contribution is -0.143. The molecule has 0 bridgehead atoms. The van der Waals surface area contributed by atoms with Crippen LogP contribution in [0.1, 0.15) is 26.3 Å². The number of alkyl carbamates (subject to hydrolysis) is 1. The molecule has 1 amide bonds. The Morgan fingerprint density at radius 3 is 2.45 bits per heavy atom. The monoisotopic (exact) mass is 423 g/mol. The van der Waals surface area contributed by atoms with E-state index in [0.717, 1.165) is 16.3 Å². The minimum atomic E-state index is -0.877. The lowest BCUT2D eigenvalue weighted by Gasteiger charge is -2.22. The fourth-order valence-corrected chi connectivity index (χ4v) is 2.89. The van der Waals surface area contributed by atoms with Crippen LogP contribution in [0.5, 0.6) is 11.6 Å². The van der Waals surface area contributed by atoms with Crippen molar-refractivity contribution in [2.45, 2.75) is 38.8 Å². The van der Waals surface area contributed by atoms with Crippen LogP contribution in [-0.4, -0.2) is 40.8 Å². The molecule has 0 aliphatic carbocycles. The first kappa shape index (κ1) is 22.0. The van der Waals surface area contributed by atoms with Crippen LogP contribution in [0.3, 0.4) is 0 Å². The number of carbonyl (C=O) groups is 2. The molecule has 0 spiro atoms. The van der Waals surface area contributed by atoms with E-state index < -0.39 is 23.7 Å². The third kappa shape index (κ3) is 6.15. The molecule has 2 aromatic heterocycles. The minimum Gasteiger partial charge on any atom is -0.467 e. The Hall–Kier alpha value is -3.68. The first-order chi connectivity index (χ1) is 14.7. The molecule has 3 aromatic rings. The third-order valence-electron chi connectivity index (χ3n) is 4.29. The van der Waals surface area contributed by atoms with Gasteiger partial charge in [0.2, 0.25) is 5.88 Å². The summed E-state index contributed by atoms with van der Waals surface area (Å²) in [5, 5.41) is 4.35. The van der Waals surface area contributed by atoms with Crippen molar-refractivity contribution in [2.24, 2.45) is 0 Å². The highest BCUT2D eigenvalue weighted by Gasteiger charge is 2.25. The predicted molar refractivity (Wildman–Crippen MR) is 115 cm³/mol. The largest absolute Gasteiger partial charge is 0.467 e. The van der Waals surface area contributed by atoms with Crippen LogP contribution in [0.2, 0.25) is 0 Å². The molecule has 0 fully saturated rings. The molecule has 0 radical (unpaired) electrons. The number of esters is 1. The maximum Gasteiger partial charge on any atom is 0.408 e. The van der Waals surface area contributed by atoms with E-state index in [0.29, 0.717) is 11.6 Å². The first-order valence-corrected chi connectivity index (χ1v) is 9.78. The van der Waals surface area contributed by atoms with Gasteiger partial charge in [-0.15, -0.1) is 0 Å². The molecule has 8 heteroatoms. The normalized spacial score (nSPS) is 12.1. The summed E-state index contributed by atoms with van der Waals surface area (Å²) < 4.78 is 15.9. The quantitative estimate of drug-likeness (QED) is 0.598. The SMILES string of the molecule is COC(=O)[C@H](Cc1ccc(Oc2nccc3ccncc23)cc1)NC(=O)OC(C)(C)C. The van der Waals surface area contributed by atoms with Gasteiger partial charge in [-0.3, -0.25) is 4.98 Å². The summed E-state index contributed by atoms with van der Waals surface area (Å²) in [6, 6.07) is 10.1. The molecule has 0 unspecified atom stereocenters. The number of pyridine rings is 2. The van der Waals surface area contributed by atoms with Crippen molar-refractivity contribution in [3.8, 4) is 11.6 Å². The lowest BCUT2D eigenvalue weighted by Crippen LogP contribution is -2.45. The average Bonchev–Trinajstić information content (AvgIpc) is 2.73. The van der Waals surface area contributed by atoms with Gasteiger partial charge < -0.3 is 19.5 Å². The van der Waals surface area contributed by atoms with Gasteiger partial charge in [0.1, 0.15) is 17.4 Å². The fraction of sp³-hybridized carbons (Fsp3) is 0.304. The number of methoxy groups -OCH3 is 1. The Kier molecular flexibility index (Phi) is 6.69. The summed E-state index contributed by atoms with van der Waals surface area (Å²) in [6.45, 7) is 5.25. The molecule has 8 nitrogen and oxygen atoms in total. The van der Waals surface area contributed by atoms with Crippen LogP contribution in [0.15, 0.2) is 55.0 Å². The maximum atomic E-state index is 12.1. The van der Waals surface area contributed by atoms with Crippen molar-refractivity contribution in [2.75, 3.05) is 7.11 Å². The van der Waals surface area contributed by atoms with E-state index in [9.17, 15) is 9.59 Å². The van der Waals surface area contributed by atoms with Gasteiger partial charge in [0, 0.05) is 25.0 Å². The summed E-state index contributed by atoms with van der Waals surface area (Å²) in [5.74, 6) is 0.485. The molecule has 2 heterocycles. The maximum absolute atomic E-state index is 12.1. The van der Waals surface area contributed by atoms with E-state index in [-0.39, 0.29) is 6.42 Å². The predicted octanol–water partition coefficient (Wildman–Crippen LogP) is 4.03. The summed E-state index contributed by atoms with van der Waals surface area (Å²) in [7, 11) is 1.27. The van der Waals surface area contributed by atoms with Crippen LogP contribution in [0.25, 0.3) is 10.8 Å². The second kappa shape index (κ2) is 9.42. The van der Waals surface area contributed by atoms with Crippen LogP contribution in [-0.2, 0) is 20.7 Å². The number of nitrogens with zero attached hydrogens (tertiary/aromatic N) is 2. The fourth-order valence-electron chi connectivity index (χ4n) is 2.89. The molecule has 0 saturated heterocycles. The number of nitrogens with one attached hydrogen (secondary N) is 1. The highest BCUT2D eigenvalue weighted by Crippen LogP contribution is 2.27. The van der Waals surface area contributed by atoms with Gasteiger partial charge in [-0.05, 0) is 56.0 Å². The zero-order valence-corrected chi connectivity index (χ0v) is 17.9. The van der Waals surface area contributed by atoms with Crippen molar-refractivity contribution in [1.82, 2.24) is 15.3 Å². The number of ether oxygens (including phenoxy) is 3. The first-order valence-electron chi connectivity index (χ1n) is 9.78. The van der Waals surface area contributed by atoms with Gasteiger partial charge >= 0.3 is 12.1 Å². The number of carbonyl (C=O) groups excluding carboxylic acids is 2. The second-order valence-electron chi connectivity index (χ2n) is 7.89. The molecule has 1 atom stereocenters. The number of hydrogen-bond donors (Lipinski definition) is 1. The summed E-state index contributed by atoms with van der Waals surface area (Å²) in [6.07, 6.45) is 4.65. The summed E-state index contributed by atoms with van der Waals surface area (Å²) in [4.78, 5) is 32.6. The van der Waals surface area contributed by atoms with E-state index in [4.69, 9.17) is 14.2 Å². The van der Waals surface area contributed by atoms with Crippen LogP contribution >= 0.6 is 0 Å². The van der Waals surface area contributed by atoms with Gasteiger partial charge in [-0.2, -0.15) is 0 Å². The van der Waals surface area contributed by atoms with Crippen LogP contribution < -0.4 is 10.1 Å². The standard InChI is InChI=1S/C23H25N3O5/c1-23(2,3)31-22(28)26-19(21(27)29-4)13-15-5-7-17(8-6-15)30-20-18-14-24-11-9-16(18)10-12-25-20/h5-12,14,19H,13H2,1-4H3,(H,26,28)/t19-/m0/s1. The molecular formula is C23H25N3O5. The van der Waals surface area contributed by atoms with E-state index in [2.05, 4.69) is 15.3 Å². The molecule has 162 valence electrons. The molecule has 1 N–H and O–H groups in total. The molecule has 0 aliphatic heterocycles. The molecule has 0 saturated carbocycles. The number of hydrogen-bond acceptors (Lipinski definition) is 7. The van der Waals surface area contributed by atoms with Crippen LogP contribution in [0, 0.1) is 0 Å². The highest BCUT2D eigenvalue weighted by molar-refractivity contribution is 5.85. The van der Waals surface area contributed by atoms with Gasteiger partial charge in [-0.1, -0.05) is 12.1 Å². The van der Waals surface area contributed by atoms with Gasteiger partial charge in [-0.25, -0.2) is 14.6 Å². The molecular weight excluding hydrogens is 398 g/mol. The minimum absolute atomic E-state index is 0.239. The summed E-state index contributed by atoms with van der Waals surface area (Å²) >= 11 is 0. The van der Waals surface area contributed by atoms with E-state index >= 15 is 0 Å². The topological polar surface area (TPSA) is 99.6 Å². The Labute approximate surface area is 180 Å².